The van der Waals surface area contributed by atoms with Crippen LogP contribution in [0.3, 0.4) is 0 Å². The van der Waals surface area contributed by atoms with Gasteiger partial charge in [-0.25, -0.2) is 0 Å². The van der Waals surface area contributed by atoms with Crippen molar-refractivity contribution in [2.45, 2.75) is 20.3 Å². The van der Waals surface area contributed by atoms with E-state index in [1.54, 1.807) is 13.0 Å². The topological polar surface area (TPSA) is 34.1 Å². The van der Waals surface area contributed by atoms with Gasteiger partial charge in [0.2, 0.25) is 0 Å². The molecule has 0 saturated heterocycles. The van der Waals surface area contributed by atoms with E-state index in [1.165, 1.54) is 6.08 Å². The lowest BCUT2D eigenvalue weighted by atomic mass is 9.81. The normalized spacial score (nSPS) is 26.4. The number of ketones is 2. The first kappa shape index (κ1) is 9.13. The van der Waals surface area contributed by atoms with Crippen molar-refractivity contribution in [1.82, 2.24) is 0 Å². The zero-order valence-corrected chi connectivity index (χ0v) is 8.33. The Hall–Kier alpha value is -1.44. The molecule has 0 radical (unpaired) electrons. The highest BCUT2D eigenvalue weighted by Gasteiger charge is 2.27. The van der Waals surface area contributed by atoms with Gasteiger partial charge >= 0.3 is 0 Å². The van der Waals surface area contributed by atoms with Crippen LogP contribution in [0.2, 0.25) is 0 Å². The maximum Gasteiger partial charge on any atom is 0.186 e. The number of Topliss-reactive ketones (excluding diaryl/α,β-unsaturated/α-hetero) is 1. The van der Waals surface area contributed by atoms with Crippen LogP contribution in [0.1, 0.15) is 20.3 Å². The maximum atomic E-state index is 11.7. The smallest absolute Gasteiger partial charge is 0.186 e. The van der Waals surface area contributed by atoms with E-state index in [9.17, 15) is 9.59 Å². The van der Waals surface area contributed by atoms with Gasteiger partial charge in [-0.3, -0.25) is 9.59 Å². The Kier molecular flexibility index (Phi) is 1.99. The van der Waals surface area contributed by atoms with E-state index in [4.69, 9.17) is 0 Å². The molecule has 0 N–H and O–H groups in total. The van der Waals surface area contributed by atoms with Crippen LogP contribution in [-0.4, -0.2) is 11.6 Å². The van der Waals surface area contributed by atoms with Gasteiger partial charge in [0.15, 0.2) is 11.6 Å². The average molecular weight is 188 g/mol. The summed E-state index contributed by atoms with van der Waals surface area (Å²) in [6.07, 6.45) is 5.90. The van der Waals surface area contributed by atoms with Crippen molar-refractivity contribution in [3.8, 4) is 0 Å². The molecule has 1 unspecified atom stereocenters. The molecule has 0 amide bonds. The van der Waals surface area contributed by atoms with Crippen molar-refractivity contribution in [1.29, 1.82) is 0 Å². The van der Waals surface area contributed by atoms with Crippen LogP contribution in [-0.2, 0) is 9.59 Å². The first-order valence-electron chi connectivity index (χ1n) is 4.78. The molecule has 0 bridgehead atoms. The van der Waals surface area contributed by atoms with Gasteiger partial charge in [0, 0.05) is 16.7 Å². The van der Waals surface area contributed by atoms with Crippen LogP contribution in [0.25, 0.3) is 0 Å². The molecule has 0 heterocycles. The van der Waals surface area contributed by atoms with Crippen LogP contribution in [0.4, 0.5) is 0 Å². The molecule has 0 saturated carbocycles. The zero-order chi connectivity index (χ0) is 10.3. The average Bonchev–Trinajstić information content (AvgIpc) is 2.14. The fraction of sp³-hybridized carbons (Fsp3) is 0.333. The minimum absolute atomic E-state index is 0.0275. The quantitative estimate of drug-likeness (QED) is 0.545. The van der Waals surface area contributed by atoms with Gasteiger partial charge in [-0.1, -0.05) is 19.1 Å². The Bertz CT molecular complexity index is 408. The van der Waals surface area contributed by atoms with E-state index in [-0.39, 0.29) is 11.6 Å². The molecular formula is C12H12O2. The summed E-state index contributed by atoms with van der Waals surface area (Å²) in [5, 5.41) is 0. The highest BCUT2D eigenvalue weighted by molar-refractivity contribution is 6.23. The Morgan fingerprint density at radius 2 is 2.07 bits per heavy atom. The van der Waals surface area contributed by atoms with E-state index < -0.39 is 0 Å². The maximum absolute atomic E-state index is 11.7. The van der Waals surface area contributed by atoms with Crippen LogP contribution in [0.5, 0.6) is 0 Å². The molecule has 2 heteroatoms. The third kappa shape index (κ3) is 1.27. The summed E-state index contributed by atoms with van der Waals surface area (Å²) in [6.45, 7) is 3.75. The van der Waals surface area contributed by atoms with Gasteiger partial charge in [-0.2, -0.15) is 0 Å². The molecule has 14 heavy (non-hydrogen) atoms. The van der Waals surface area contributed by atoms with Crippen molar-refractivity contribution in [3.05, 3.63) is 34.9 Å². The van der Waals surface area contributed by atoms with E-state index >= 15 is 0 Å². The fourth-order valence-corrected chi connectivity index (χ4v) is 1.88. The number of carbonyl (C=O) groups is 2. The lowest BCUT2D eigenvalue weighted by molar-refractivity contribution is -0.115. The summed E-state index contributed by atoms with van der Waals surface area (Å²) < 4.78 is 0. The molecule has 1 atom stereocenters. The molecule has 2 aliphatic carbocycles. The summed E-state index contributed by atoms with van der Waals surface area (Å²) in [6, 6.07) is 0. The molecular weight excluding hydrogens is 176 g/mol. The minimum Gasteiger partial charge on any atom is -0.289 e. The van der Waals surface area contributed by atoms with Crippen LogP contribution in [0.15, 0.2) is 34.9 Å². The summed E-state index contributed by atoms with van der Waals surface area (Å²) >= 11 is 0. The van der Waals surface area contributed by atoms with Gasteiger partial charge in [0.1, 0.15) is 0 Å². The molecule has 0 spiro atoms. The number of hydrogen-bond acceptors (Lipinski definition) is 2. The predicted molar refractivity (Wildman–Crippen MR) is 53.7 cm³/mol. The molecule has 0 aliphatic heterocycles. The lowest BCUT2D eigenvalue weighted by Crippen LogP contribution is -2.20. The molecule has 0 aromatic rings. The molecule has 2 nitrogen and oxygen atoms in total. The third-order valence-electron chi connectivity index (χ3n) is 2.69. The van der Waals surface area contributed by atoms with Crippen molar-refractivity contribution in [2.24, 2.45) is 5.92 Å². The predicted octanol–water partition coefficient (Wildman–Crippen LogP) is 1.98. The van der Waals surface area contributed by atoms with Gasteiger partial charge in [-0.05, 0) is 25.3 Å². The number of allylic oxidation sites excluding steroid dienone is 6. The van der Waals surface area contributed by atoms with Crippen molar-refractivity contribution in [3.63, 3.8) is 0 Å². The second-order valence-electron chi connectivity index (χ2n) is 3.95. The second-order valence-corrected chi connectivity index (χ2v) is 3.95. The highest BCUT2D eigenvalue weighted by atomic mass is 16.1. The van der Waals surface area contributed by atoms with Crippen molar-refractivity contribution >= 4 is 11.6 Å². The van der Waals surface area contributed by atoms with Crippen molar-refractivity contribution in [2.75, 3.05) is 0 Å². The first-order chi connectivity index (χ1) is 6.59. The first-order valence-corrected chi connectivity index (χ1v) is 4.78. The summed E-state index contributed by atoms with van der Waals surface area (Å²) in [5.74, 6) is 0.368. The monoisotopic (exact) mass is 188 g/mol. The molecule has 0 aromatic carbocycles. The van der Waals surface area contributed by atoms with Crippen LogP contribution < -0.4 is 0 Å². The standard InChI is InChI=1S/C12H12O2/c1-7-3-4-9-10(5-7)12(14)8(2)6-11(9)13/h3-4,6-7H,5H2,1-2H3. The second kappa shape index (κ2) is 3.05. The zero-order valence-electron chi connectivity index (χ0n) is 8.33. The molecule has 72 valence electrons. The van der Waals surface area contributed by atoms with E-state index in [2.05, 4.69) is 0 Å². The van der Waals surface area contributed by atoms with Gasteiger partial charge in [0.25, 0.3) is 0 Å². The largest absolute Gasteiger partial charge is 0.289 e. The van der Waals surface area contributed by atoms with E-state index in [1.807, 2.05) is 13.0 Å². The van der Waals surface area contributed by atoms with E-state index in [0.717, 1.165) is 0 Å². The highest BCUT2D eigenvalue weighted by Crippen LogP contribution is 2.29. The van der Waals surface area contributed by atoms with Crippen LogP contribution in [0, 0.1) is 5.92 Å². The van der Waals surface area contributed by atoms with E-state index in [0.29, 0.717) is 29.1 Å². The Morgan fingerprint density at radius 1 is 1.36 bits per heavy atom. The number of carbonyl (C=O) groups excluding carboxylic acids is 2. The molecule has 2 aliphatic rings. The Morgan fingerprint density at radius 3 is 2.79 bits per heavy atom. The number of rotatable bonds is 0. The van der Waals surface area contributed by atoms with Gasteiger partial charge in [-0.15, -0.1) is 0 Å². The summed E-state index contributed by atoms with van der Waals surface area (Å²) in [5.41, 5.74) is 1.86. The summed E-state index contributed by atoms with van der Waals surface area (Å²) in [4.78, 5) is 23.3. The lowest BCUT2D eigenvalue weighted by Gasteiger charge is -2.21. The Labute approximate surface area is 83.0 Å². The van der Waals surface area contributed by atoms with Crippen LogP contribution >= 0.6 is 0 Å². The SMILES string of the molecule is CC1=CC(=O)C2=C(CC(C)C=C2)C1=O. The third-order valence-corrected chi connectivity index (χ3v) is 2.69. The van der Waals surface area contributed by atoms with Gasteiger partial charge in [0.05, 0.1) is 0 Å². The molecule has 2 rings (SSSR count). The fourth-order valence-electron chi connectivity index (χ4n) is 1.88. The number of hydrogen-bond donors (Lipinski definition) is 0. The Balaban J connectivity index is 2.48. The van der Waals surface area contributed by atoms with Crippen molar-refractivity contribution < 1.29 is 9.59 Å². The minimum atomic E-state index is -0.0275. The summed E-state index contributed by atoms with van der Waals surface area (Å²) in [7, 11) is 0. The van der Waals surface area contributed by atoms with Gasteiger partial charge < -0.3 is 0 Å². The molecule has 0 aromatic heterocycles. The molecule has 0 fully saturated rings.